The summed E-state index contributed by atoms with van der Waals surface area (Å²) in [6.07, 6.45) is 7.47. The molecule has 2 saturated heterocycles. The summed E-state index contributed by atoms with van der Waals surface area (Å²) in [5, 5.41) is 9.94. The van der Waals surface area contributed by atoms with Gasteiger partial charge in [0, 0.05) is 18.5 Å². The molecular formula is C34H48FN5O7. The maximum absolute atomic E-state index is 14.0. The number of nitrogens with one attached hydrogen (secondary N) is 4. The van der Waals surface area contributed by atoms with Crippen LogP contribution in [0.15, 0.2) is 24.3 Å². The van der Waals surface area contributed by atoms with Crippen molar-refractivity contribution in [2.75, 3.05) is 31.6 Å². The Morgan fingerprint density at radius 2 is 1.64 bits per heavy atom. The van der Waals surface area contributed by atoms with Crippen LogP contribution in [0, 0.1) is 23.6 Å². The molecule has 3 aliphatic rings. The highest BCUT2D eigenvalue weighted by Gasteiger charge is 2.35. The number of benzene rings is 1. The average Bonchev–Trinajstić information content (AvgIpc) is 3.47. The van der Waals surface area contributed by atoms with Gasteiger partial charge in [0.1, 0.15) is 11.9 Å². The molecule has 2 heterocycles. The number of hydrogen-bond donors (Lipinski definition) is 4. The van der Waals surface area contributed by atoms with E-state index >= 15 is 0 Å². The lowest BCUT2D eigenvalue weighted by Crippen LogP contribution is -2.54. The monoisotopic (exact) mass is 657 g/mol. The third kappa shape index (κ3) is 10.6. The maximum atomic E-state index is 14.0. The first-order valence-corrected chi connectivity index (χ1v) is 16.9. The Bertz CT molecular complexity index is 1290. The minimum atomic E-state index is -1.21. The molecule has 1 saturated carbocycles. The van der Waals surface area contributed by atoms with Crippen LogP contribution in [0.2, 0.25) is 0 Å². The van der Waals surface area contributed by atoms with Crippen LogP contribution in [0.5, 0.6) is 0 Å². The Labute approximate surface area is 275 Å². The molecule has 3 fully saturated rings. The van der Waals surface area contributed by atoms with E-state index in [0.29, 0.717) is 31.8 Å². The van der Waals surface area contributed by atoms with E-state index in [1.165, 1.54) is 37.5 Å². The Morgan fingerprint density at radius 1 is 0.936 bits per heavy atom. The van der Waals surface area contributed by atoms with E-state index < -0.39 is 59.9 Å². The first-order chi connectivity index (χ1) is 22.5. The van der Waals surface area contributed by atoms with Crippen molar-refractivity contribution >= 4 is 41.1 Å². The third-order valence-corrected chi connectivity index (χ3v) is 9.34. The lowest BCUT2D eigenvalue weighted by Gasteiger charge is -2.38. The lowest BCUT2D eigenvalue weighted by atomic mass is 9.84. The second-order valence-electron chi connectivity index (χ2n) is 13.3. The molecule has 47 heavy (non-hydrogen) atoms. The highest BCUT2D eigenvalue weighted by Crippen LogP contribution is 2.30. The van der Waals surface area contributed by atoms with Crippen LogP contribution in [-0.2, 0) is 33.5 Å². The number of para-hydroxylation sites is 1. The van der Waals surface area contributed by atoms with E-state index in [4.69, 9.17) is 4.74 Å². The van der Waals surface area contributed by atoms with E-state index in [1.807, 2.05) is 13.8 Å². The minimum absolute atomic E-state index is 0.00891. The van der Waals surface area contributed by atoms with Crippen molar-refractivity contribution in [3.63, 3.8) is 0 Å². The number of anilines is 1. The van der Waals surface area contributed by atoms with Crippen molar-refractivity contribution in [2.24, 2.45) is 17.8 Å². The number of halogens is 1. The van der Waals surface area contributed by atoms with Crippen molar-refractivity contribution < 1.29 is 37.9 Å². The van der Waals surface area contributed by atoms with Crippen molar-refractivity contribution in [1.29, 1.82) is 0 Å². The predicted octanol–water partition coefficient (Wildman–Crippen LogP) is 2.46. The van der Waals surface area contributed by atoms with Crippen molar-refractivity contribution in [3.8, 4) is 0 Å². The number of rotatable bonds is 13. The smallest absolute Gasteiger partial charge is 0.313 e. The second-order valence-corrected chi connectivity index (χ2v) is 13.3. The van der Waals surface area contributed by atoms with Crippen LogP contribution in [0.3, 0.4) is 0 Å². The van der Waals surface area contributed by atoms with E-state index in [-0.39, 0.29) is 36.3 Å². The summed E-state index contributed by atoms with van der Waals surface area (Å²) in [4.78, 5) is 80.0. The Hall–Kier alpha value is -3.87. The van der Waals surface area contributed by atoms with Gasteiger partial charge in [-0.3, -0.25) is 28.8 Å². The van der Waals surface area contributed by atoms with Crippen LogP contribution >= 0.6 is 0 Å². The highest BCUT2D eigenvalue weighted by atomic mass is 19.1. The third-order valence-electron chi connectivity index (χ3n) is 9.34. The van der Waals surface area contributed by atoms with Crippen LogP contribution in [0.25, 0.3) is 0 Å². The number of ether oxygens (including phenoxy) is 1. The van der Waals surface area contributed by atoms with Gasteiger partial charge in [-0.2, -0.15) is 0 Å². The van der Waals surface area contributed by atoms with Gasteiger partial charge >= 0.3 is 17.8 Å². The largest absolute Gasteiger partial charge is 0.457 e. The number of piperidine rings is 1. The molecule has 0 aromatic heterocycles. The van der Waals surface area contributed by atoms with Gasteiger partial charge in [0.2, 0.25) is 11.8 Å². The van der Waals surface area contributed by atoms with Gasteiger partial charge in [0.15, 0.2) is 12.4 Å². The number of Topliss-reactive ketones (excluding diaryl/α,β-unsaturated/α-hetero) is 1. The van der Waals surface area contributed by atoms with Crippen LogP contribution in [0.4, 0.5) is 10.1 Å². The summed E-state index contributed by atoms with van der Waals surface area (Å²) in [5.41, 5.74) is -0.192. The van der Waals surface area contributed by atoms with E-state index in [9.17, 15) is 33.2 Å². The van der Waals surface area contributed by atoms with Gasteiger partial charge in [0.05, 0.1) is 17.6 Å². The zero-order valence-corrected chi connectivity index (χ0v) is 27.4. The summed E-state index contributed by atoms with van der Waals surface area (Å²) in [7, 11) is 0. The van der Waals surface area contributed by atoms with Gasteiger partial charge < -0.3 is 30.9 Å². The SMILES string of the molecule is CC(C)C[C@H](NC(=O)C(=O)Nc1ccccc1F)C(=O)N[C@@H](C[C@@H]1CCNC1=O)C(=O)COC(=O)C1CCC(N2CCCCC2)CC1. The van der Waals surface area contributed by atoms with Gasteiger partial charge in [-0.1, -0.05) is 32.4 Å². The molecule has 4 rings (SSSR count). The Kier molecular flexibility index (Phi) is 13.3. The predicted molar refractivity (Wildman–Crippen MR) is 171 cm³/mol. The number of hydrogen-bond acceptors (Lipinski definition) is 8. The Morgan fingerprint density at radius 3 is 2.28 bits per heavy atom. The summed E-state index contributed by atoms with van der Waals surface area (Å²) >= 11 is 0. The molecule has 1 aromatic carbocycles. The molecule has 12 nitrogen and oxygen atoms in total. The molecule has 0 radical (unpaired) electrons. The van der Waals surface area contributed by atoms with Gasteiger partial charge in [-0.05, 0) is 88.9 Å². The van der Waals surface area contributed by atoms with Gasteiger partial charge in [-0.25, -0.2) is 4.39 Å². The van der Waals surface area contributed by atoms with Crippen LogP contribution in [-0.4, -0.2) is 84.6 Å². The summed E-state index contributed by atoms with van der Waals surface area (Å²) in [6, 6.07) is 3.44. The maximum Gasteiger partial charge on any atom is 0.313 e. The number of likely N-dealkylation sites (tertiary alicyclic amines) is 1. The van der Waals surface area contributed by atoms with Crippen LogP contribution < -0.4 is 21.3 Å². The topological polar surface area (TPSA) is 163 Å². The first-order valence-electron chi connectivity index (χ1n) is 16.9. The average molecular weight is 658 g/mol. The fourth-order valence-corrected chi connectivity index (χ4v) is 6.69. The van der Waals surface area contributed by atoms with Gasteiger partial charge in [0.25, 0.3) is 0 Å². The Balaban J connectivity index is 1.35. The van der Waals surface area contributed by atoms with E-state index in [1.54, 1.807) is 0 Å². The molecule has 258 valence electrons. The standard InChI is InChI=1S/C34H48FN5O7/c1-21(2)18-28(39-33(45)32(44)37-26-9-5-4-8-25(26)35)31(43)38-27(19-23-14-15-36-30(23)42)29(41)20-47-34(46)22-10-12-24(13-11-22)40-16-6-3-7-17-40/h4-5,8-9,21-24,27-28H,3,6-7,10-20H2,1-2H3,(H,36,42)(H,37,44)(H,38,43)(H,39,45)/t22?,23-,24?,27-,28-/m0/s1. The van der Waals surface area contributed by atoms with Crippen molar-refractivity contribution in [2.45, 2.75) is 96.2 Å². The van der Waals surface area contributed by atoms with Crippen molar-refractivity contribution in [3.05, 3.63) is 30.1 Å². The fraction of sp³-hybridized carbons (Fsp3) is 0.647. The zero-order valence-electron chi connectivity index (χ0n) is 27.4. The number of carbonyl (C=O) groups is 6. The molecule has 4 N–H and O–H groups in total. The molecule has 1 aromatic rings. The quantitative estimate of drug-likeness (QED) is 0.186. The number of ketones is 1. The number of carbonyl (C=O) groups excluding carboxylic acids is 6. The summed E-state index contributed by atoms with van der Waals surface area (Å²) in [5.74, 6) is -5.95. The lowest BCUT2D eigenvalue weighted by molar-refractivity contribution is -0.154. The summed E-state index contributed by atoms with van der Waals surface area (Å²) < 4.78 is 19.4. The van der Waals surface area contributed by atoms with E-state index in [2.05, 4.69) is 26.2 Å². The highest BCUT2D eigenvalue weighted by molar-refractivity contribution is 6.40. The number of esters is 1. The fourth-order valence-electron chi connectivity index (χ4n) is 6.69. The van der Waals surface area contributed by atoms with Crippen molar-refractivity contribution in [1.82, 2.24) is 20.9 Å². The molecule has 0 bridgehead atoms. The second kappa shape index (κ2) is 17.3. The zero-order chi connectivity index (χ0) is 33.9. The van der Waals surface area contributed by atoms with Gasteiger partial charge in [-0.15, -0.1) is 0 Å². The molecule has 4 amide bonds. The molecule has 3 atom stereocenters. The van der Waals surface area contributed by atoms with E-state index in [0.717, 1.165) is 32.0 Å². The summed E-state index contributed by atoms with van der Waals surface area (Å²) in [6.45, 7) is 5.71. The normalized spacial score (nSPS) is 22.9. The molecule has 0 spiro atoms. The molecule has 0 unspecified atom stereocenters. The molecule has 2 aliphatic heterocycles. The number of nitrogens with zero attached hydrogens (tertiary/aromatic N) is 1. The van der Waals surface area contributed by atoms with Crippen LogP contribution in [0.1, 0.15) is 78.1 Å². The minimum Gasteiger partial charge on any atom is -0.457 e. The number of amides is 4. The molecule has 13 heteroatoms. The first kappa shape index (κ1) is 36.0. The molecular weight excluding hydrogens is 609 g/mol. The molecule has 1 aliphatic carbocycles.